The molecular weight excluding hydrogens is 294 g/mol. The van der Waals surface area contributed by atoms with Crippen molar-refractivity contribution in [1.29, 1.82) is 0 Å². The molecule has 0 radical (unpaired) electrons. The Bertz CT molecular complexity index is 737. The minimum Gasteiger partial charge on any atom is -0.341 e. The number of anilines is 1. The number of fused-ring (bicyclic) bond motifs is 1. The molecule has 0 fully saturated rings. The average molecular weight is 311 g/mol. The van der Waals surface area contributed by atoms with Crippen molar-refractivity contribution in [2.75, 3.05) is 11.1 Å². The zero-order valence-electron chi connectivity index (χ0n) is 12.2. The lowest BCUT2D eigenvalue weighted by Crippen LogP contribution is -2.14. The maximum atomic E-state index is 12.0. The summed E-state index contributed by atoms with van der Waals surface area (Å²) in [7, 11) is 0. The van der Waals surface area contributed by atoms with E-state index in [0.29, 0.717) is 5.75 Å². The summed E-state index contributed by atoms with van der Waals surface area (Å²) in [5.74, 6) is 1.30. The van der Waals surface area contributed by atoms with E-state index in [1.54, 1.807) is 11.8 Å². The number of aromatic amines is 1. The van der Waals surface area contributed by atoms with Gasteiger partial charge in [0.05, 0.1) is 22.0 Å². The first-order chi connectivity index (χ1) is 10.7. The van der Waals surface area contributed by atoms with Crippen molar-refractivity contribution >= 4 is 34.4 Å². The van der Waals surface area contributed by atoms with Gasteiger partial charge in [0.1, 0.15) is 5.82 Å². The van der Waals surface area contributed by atoms with Gasteiger partial charge in [-0.3, -0.25) is 4.79 Å². The summed E-state index contributed by atoms with van der Waals surface area (Å²) in [5.41, 5.74) is 2.81. The van der Waals surface area contributed by atoms with E-state index in [9.17, 15) is 4.79 Å². The molecule has 2 N–H and O–H groups in total. The molecule has 1 atom stereocenters. The van der Waals surface area contributed by atoms with Crippen LogP contribution in [0.5, 0.6) is 0 Å². The van der Waals surface area contributed by atoms with Crippen LogP contribution >= 0.6 is 11.8 Å². The smallest absolute Gasteiger partial charge is 0.234 e. The van der Waals surface area contributed by atoms with E-state index < -0.39 is 0 Å². The van der Waals surface area contributed by atoms with Crippen LogP contribution in [-0.4, -0.2) is 21.6 Å². The molecule has 22 heavy (non-hydrogen) atoms. The van der Waals surface area contributed by atoms with Gasteiger partial charge in [0, 0.05) is 5.69 Å². The fourth-order valence-electron chi connectivity index (χ4n) is 2.16. The second-order valence-corrected chi connectivity index (χ2v) is 6.34. The Kier molecular flexibility index (Phi) is 4.44. The highest BCUT2D eigenvalue weighted by molar-refractivity contribution is 8.00. The van der Waals surface area contributed by atoms with Crippen LogP contribution in [0.1, 0.15) is 18.0 Å². The minimum absolute atomic E-state index is 0.000777. The first-order valence-corrected chi connectivity index (χ1v) is 8.18. The molecule has 0 bridgehead atoms. The topological polar surface area (TPSA) is 57.8 Å². The number of hydrogen-bond acceptors (Lipinski definition) is 3. The molecule has 0 aliphatic carbocycles. The molecule has 1 aromatic heterocycles. The van der Waals surface area contributed by atoms with Crippen LogP contribution in [0.25, 0.3) is 11.0 Å². The van der Waals surface area contributed by atoms with E-state index in [1.807, 2.05) is 54.6 Å². The first kappa shape index (κ1) is 14.7. The third kappa shape index (κ3) is 3.49. The van der Waals surface area contributed by atoms with Crippen LogP contribution < -0.4 is 5.32 Å². The number of thioether (sulfide) groups is 1. The summed E-state index contributed by atoms with van der Waals surface area (Å²) in [5, 5.41) is 3.02. The van der Waals surface area contributed by atoms with Gasteiger partial charge in [-0.15, -0.1) is 11.8 Å². The van der Waals surface area contributed by atoms with E-state index in [2.05, 4.69) is 22.2 Å². The number of aromatic nitrogens is 2. The Morgan fingerprint density at radius 2 is 1.91 bits per heavy atom. The van der Waals surface area contributed by atoms with E-state index in [4.69, 9.17) is 0 Å². The molecule has 0 aliphatic rings. The predicted molar refractivity (Wildman–Crippen MR) is 92.0 cm³/mol. The van der Waals surface area contributed by atoms with Crippen molar-refractivity contribution in [3.8, 4) is 0 Å². The van der Waals surface area contributed by atoms with Gasteiger partial charge in [0.15, 0.2) is 0 Å². The minimum atomic E-state index is -0.000777. The summed E-state index contributed by atoms with van der Waals surface area (Å²) >= 11 is 1.57. The van der Waals surface area contributed by atoms with Gasteiger partial charge < -0.3 is 10.3 Å². The summed E-state index contributed by atoms with van der Waals surface area (Å²) in [6, 6.07) is 17.4. The molecule has 112 valence electrons. The Morgan fingerprint density at radius 1 is 1.18 bits per heavy atom. The van der Waals surface area contributed by atoms with E-state index in [-0.39, 0.29) is 11.2 Å². The maximum Gasteiger partial charge on any atom is 0.234 e. The van der Waals surface area contributed by atoms with Crippen molar-refractivity contribution in [2.24, 2.45) is 0 Å². The summed E-state index contributed by atoms with van der Waals surface area (Å²) in [6.45, 7) is 2.05. The van der Waals surface area contributed by atoms with Crippen molar-refractivity contribution in [2.45, 2.75) is 12.2 Å². The lowest BCUT2D eigenvalue weighted by molar-refractivity contribution is -0.113. The van der Waals surface area contributed by atoms with Crippen molar-refractivity contribution in [3.63, 3.8) is 0 Å². The summed E-state index contributed by atoms with van der Waals surface area (Å²) < 4.78 is 0. The highest BCUT2D eigenvalue weighted by atomic mass is 32.2. The van der Waals surface area contributed by atoms with E-state index >= 15 is 0 Å². The highest BCUT2D eigenvalue weighted by Crippen LogP contribution is 2.27. The molecule has 0 saturated carbocycles. The molecule has 0 spiro atoms. The van der Waals surface area contributed by atoms with Crippen LogP contribution in [0.4, 0.5) is 5.69 Å². The normalized spacial score (nSPS) is 12.2. The molecule has 2 aromatic carbocycles. The van der Waals surface area contributed by atoms with Gasteiger partial charge >= 0.3 is 0 Å². The largest absolute Gasteiger partial charge is 0.341 e. The molecule has 5 heteroatoms. The molecule has 0 unspecified atom stereocenters. The first-order valence-electron chi connectivity index (χ1n) is 7.13. The molecular formula is C17H17N3OS. The Balaban J connectivity index is 1.57. The van der Waals surface area contributed by atoms with Crippen LogP contribution in [0.15, 0.2) is 54.6 Å². The van der Waals surface area contributed by atoms with Crippen molar-refractivity contribution in [1.82, 2.24) is 9.97 Å². The molecule has 0 aliphatic heterocycles. The standard InChI is InChI=1S/C17H17N3OS/c1-12(17-19-14-9-5-6-10-15(14)20-17)22-11-16(21)18-13-7-3-2-4-8-13/h2-10,12H,11H2,1H3,(H,18,21)(H,19,20)/t12-/m0/s1. The average Bonchev–Trinajstić information content (AvgIpc) is 2.98. The van der Waals surface area contributed by atoms with E-state index in [0.717, 1.165) is 22.5 Å². The van der Waals surface area contributed by atoms with Crippen molar-refractivity contribution in [3.05, 3.63) is 60.4 Å². The van der Waals surface area contributed by atoms with Gasteiger partial charge in [-0.05, 0) is 31.2 Å². The van der Waals surface area contributed by atoms with Crippen LogP contribution in [-0.2, 0) is 4.79 Å². The maximum absolute atomic E-state index is 12.0. The van der Waals surface area contributed by atoms with Gasteiger partial charge in [0.2, 0.25) is 5.91 Å². The Morgan fingerprint density at radius 3 is 2.68 bits per heavy atom. The number of H-pyrrole nitrogens is 1. The summed E-state index contributed by atoms with van der Waals surface area (Å²) in [4.78, 5) is 19.8. The number of benzene rings is 2. The molecule has 3 rings (SSSR count). The summed E-state index contributed by atoms with van der Waals surface area (Å²) in [6.07, 6.45) is 0. The van der Waals surface area contributed by atoms with Crippen LogP contribution in [0.2, 0.25) is 0 Å². The van der Waals surface area contributed by atoms with Crippen molar-refractivity contribution < 1.29 is 4.79 Å². The lowest BCUT2D eigenvalue weighted by atomic mass is 10.3. The number of imidazole rings is 1. The number of nitrogens with one attached hydrogen (secondary N) is 2. The second kappa shape index (κ2) is 6.66. The zero-order chi connectivity index (χ0) is 15.4. The molecule has 3 aromatic rings. The van der Waals surface area contributed by atoms with Gasteiger partial charge in [0.25, 0.3) is 0 Å². The molecule has 1 amide bonds. The number of nitrogens with zero attached hydrogens (tertiary/aromatic N) is 1. The van der Waals surface area contributed by atoms with Gasteiger partial charge in [-0.25, -0.2) is 4.98 Å². The number of carbonyl (C=O) groups excluding carboxylic acids is 1. The molecule has 1 heterocycles. The van der Waals surface area contributed by atoms with Gasteiger partial charge in [-0.1, -0.05) is 30.3 Å². The monoisotopic (exact) mass is 311 g/mol. The third-order valence-corrected chi connectivity index (χ3v) is 4.47. The SMILES string of the molecule is C[C@H](SCC(=O)Nc1ccccc1)c1nc2ccccc2[nH]1. The Hall–Kier alpha value is -2.27. The number of rotatable bonds is 5. The number of hydrogen-bond donors (Lipinski definition) is 2. The quantitative estimate of drug-likeness (QED) is 0.749. The number of carbonyl (C=O) groups is 1. The Labute approximate surface area is 133 Å². The second-order valence-electron chi connectivity index (χ2n) is 5.01. The fourth-order valence-corrected chi connectivity index (χ4v) is 2.91. The zero-order valence-corrected chi connectivity index (χ0v) is 13.1. The van der Waals surface area contributed by atoms with Gasteiger partial charge in [-0.2, -0.15) is 0 Å². The molecule has 0 saturated heterocycles. The van der Waals surface area contributed by atoms with Crippen LogP contribution in [0.3, 0.4) is 0 Å². The van der Waals surface area contributed by atoms with E-state index in [1.165, 1.54) is 0 Å². The fraction of sp³-hybridized carbons (Fsp3) is 0.176. The molecule has 4 nitrogen and oxygen atoms in total. The number of para-hydroxylation sites is 3. The highest BCUT2D eigenvalue weighted by Gasteiger charge is 2.13. The third-order valence-electron chi connectivity index (χ3n) is 3.31. The van der Waals surface area contributed by atoms with Crippen LogP contribution in [0, 0.1) is 0 Å². The lowest BCUT2D eigenvalue weighted by Gasteiger charge is -2.09. The number of amides is 1. The predicted octanol–water partition coefficient (Wildman–Crippen LogP) is 4.00.